The standard InChI is InChI=1S/C18H13ClN4OS/c1-8-11(7-20)17(21)23-15-14-10(9-4-2-3-5-12(9)19)6-13(24)22-18(14)25-16(8)15/h2-5,10H,6H2,1H3,(H2,21,23)(H,22,24)/t10-/m0/s1. The molecule has 1 aliphatic rings. The molecule has 0 saturated heterocycles. The Morgan fingerprint density at radius 1 is 1.44 bits per heavy atom. The number of carbonyl (C=O) groups is 1. The van der Waals surface area contributed by atoms with Gasteiger partial charge >= 0.3 is 0 Å². The number of nitrogens with zero attached hydrogens (tertiary/aromatic N) is 2. The zero-order chi connectivity index (χ0) is 17.7. The van der Waals surface area contributed by atoms with Crippen LogP contribution in [0.15, 0.2) is 24.3 Å². The number of hydrogen-bond donors (Lipinski definition) is 2. The number of nitriles is 1. The number of nitrogen functional groups attached to an aromatic ring is 1. The van der Waals surface area contributed by atoms with Crippen molar-refractivity contribution < 1.29 is 4.79 Å². The van der Waals surface area contributed by atoms with Crippen molar-refractivity contribution in [2.75, 3.05) is 11.1 Å². The van der Waals surface area contributed by atoms with Crippen molar-refractivity contribution in [3.63, 3.8) is 0 Å². The monoisotopic (exact) mass is 368 g/mol. The average molecular weight is 369 g/mol. The molecule has 124 valence electrons. The number of thiophene rings is 1. The normalized spacial score (nSPS) is 16.4. The van der Waals surface area contributed by atoms with Crippen LogP contribution >= 0.6 is 22.9 Å². The smallest absolute Gasteiger partial charge is 0.225 e. The molecule has 0 aliphatic carbocycles. The molecule has 3 heterocycles. The molecule has 7 heteroatoms. The van der Waals surface area contributed by atoms with Crippen LogP contribution in [0.1, 0.15) is 34.6 Å². The number of aryl methyl sites for hydroxylation is 1. The Kier molecular flexibility index (Phi) is 3.64. The van der Waals surface area contributed by atoms with Crippen molar-refractivity contribution in [1.82, 2.24) is 4.98 Å². The number of hydrogen-bond acceptors (Lipinski definition) is 5. The number of aromatic nitrogens is 1. The third-order valence-electron chi connectivity index (χ3n) is 4.51. The van der Waals surface area contributed by atoms with E-state index in [1.165, 1.54) is 11.3 Å². The molecule has 3 aromatic rings. The first-order valence-electron chi connectivity index (χ1n) is 7.68. The molecule has 25 heavy (non-hydrogen) atoms. The van der Waals surface area contributed by atoms with Crippen molar-refractivity contribution in [1.29, 1.82) is 5.26 Å². The topological polar surface area (TPSA) is 91.8 Å². The van der Waals surface area contributed by atoms with Crippen molar-refractivity contribution in [2.45, 2.75) is 19.3 Å². The molecule has 1 aliphatic heterocycles. The molecule has 0 spiro atoms. The predicted molar refractivity (Wildman–Crippen MR) is 100 cm³/mol. The Morgan fingerprint density at radius 2 is 2.20 bits per heavy atom. The van der Waals surface area contributed by atoms with Gasteiger partial charge in [0.25, 0.3) is 0 Å². The summed E-state index contributed by atoms with van der Waals surface area (Å²) in [6, 6.07) is 9.62. The summed E-state index contributed by atoms with van der Waals surface area (Å²) in [5, 5.41) is 13.6. The van der Waals surface area contributed by atoms with Crippen LogP contribution in [0, 0.1) is 18.3 Å². The number of anilines is 2. The Bertz CT molecular complexity index is 1080. The first kappa shape index (κ1) is 15.9. The van der Waals surface area contributed by atoms with Crippen LogP contribution in [0.5, 0.6) is 0 Å². The van der Waals surface area contributed by atoms with Gasteiger partial charge in [-0.25, -0.2) is 4.98 Å². The van der Waals surface area contributed by atoms with Crippen LogP contribution in [0.4, 0.5) is 10.8 Å². The molecule has 4 rings (SSSR count). The highest BCUT2D eigenvalue weighted by Crippen LogP contribution is 2.48. The number of nitrogens with two attached hydrogens (primary N) is 1. The van der Waals surface area contributed by atoms with E-state index in [0.717, 1.165) is 31.9 Å². The first-order chi connectivity index (χ1) is 12.0. The molecule has 0 saturated carbocycles. The molecule has 0 unspecified atom stereocenters. The lowest BCUT2D eigenvalue weighted by atomic mass is 9.86. The van der Waals surface area contributed by atoms with Crippen LogP contribution < -0.4 is 11.1 Å². The maximum atomic E-state index is 12.2. The third kappa shape index (κ3) is 2.36. The Labute approximate surface area is 153 Å². The van der Waals surface area contributed by atoms with Crippen molar-refractivity contribution in [2.24, 2.45) is 0 Å². The number of halogens is 1. The summed E-state index contributed by atoms with van der Waals surface area (Å²) in [6.07, 6.45) is 0.295. The van der Waals surface area contributed by atoms with Gasteiger partial charge in [0.15, 0.2) is 0 Å². The summed E-state index contributed by atoms with van der Waals surface area (Å²) in [4.78, 5) is 16.7. The van der Waals surface area contributed by atoms with Crippen LogP contribution in [0.2, 0.25) is 5.02 Å². The second kappa shape index (κ2) is 5.73. The van der Waals surface area contributed by atoms with Crippen molar-refractivity contribution in [3.8, 4) is 6.07 Å². The van der Waals surface area contributed by atoms with Gasteiger partial charge in [-0.05, 0) is 24.1 Å². The van der Waals surface area contributed by atoms with Crippen LogP contribution in [0.25, 0.3) is 10.2 Å². The van der Waals surface area contributed by atoms with Crippen LogP contribution in [-0.2, 0) is 4.79 Å². The molecule has 0 radical (unpaired) electrons. The second-order valence-electron chi connectivity index (χ2n) is 5.96. The van der Waals surface area contributed by atoms with Gasteiger partial charge in [-0.1, -0.05) is 29.8 Å². The fraction of sp³-hybridized carbons (Fsp3) is 0.167. The number of fused-ring (bicyclic) bond motifs is 3. The highest BCUT2D eigenvalue weighted by molar-refractivity contribution is 7.23. The largest absolute Gasteiger partial charge is 0.383 e. The highest BCUT2D eigenvalue weighted by Gasteiger charge is 2.33. The van der Waals surface area contributed by atoms with Crippen LogP contribution in [-0.4, -0.2) is 10.9 Å². The molecule has 1 atom stereocenters. The van der Waals surface area contributed by atoms with Gasteiger partial charge in [0, 0.05) is 22.9 Å². The molecule has 1 aromatic carbocycles. The Hall–Kier alpha value is -2.62. The fourth-order valence-corrected chi connectivity index (χ4v) is 4.82. The number of carbonyl (C=O) groups excluding carboxylic acids is 1. The van der Waals surface area contributed by atoms with Gasteiger partial charge in [0.2, 0.25) is 5.91 Å². The SMILES string of the molecule is Cc1c(C#N)c(N)nc2c3c(sc12)NC(=O)C[C@H]3c1ccccc1Cl. The fourth-order valence-electron chi connectivity index (χ4n) is 3.33. The molecule has 2 aromatic heterocycles. The molecule has 0 fully saturated rings. The minimum absolute atomic E-state index is 0.0601. The summed E-state index contributed by atoms with van der Waals surface area (Å²) < 4.78 is 0.870. The molecule has 1 amide bonds. The van der Waals surface area contributed by atoms with Gasteiger partial charge in [0.05, 0.1) is 15.8 Å². The maximum Gasteiger partial charge on any atom is 0.225 e. The Morgan fingerprint density at radius 3 is 2.92 bits per heavy atom. The van der Waals surface area contributed by atoms with E-state index in [-0.39, 0.29) is 17.6 Å². The third-order valence-corrected chi connectivity index (χ3v) is 6.08. The number of benzene rings is 1. The maximum absolute atomic E-state index is 12.2. The summed E-state index contributed by atoms with van der Waals surface area (Å²) in [5.74, 6) is -0.0385. The van der Waals surface area contributed by atoms with E-state index in [4.69, 9.17) is 17.3 Å². The molecular weight excluding hydrogens is 356 g/mol. The van der Waals surface area contributed by atoms with E-state index in [2.05, 4.69) is 16.4 Å². The van der Waals surface area contributed by atoms with E-state index in [1.807, 2.05) is 31.2 Å². The van der Waals surface area contributed by atoms with Gasteiger partial charge in [-0.15, -0.1) is 11.3 Å². The summed E-state index contributed by atoms with van der Waals surface area (Å²) in [6.45, 7) is 1.85. The zero-order valence-corrected chi connectivity index (χ0v) is 14.8. The quantitative estimate of drug-likeness (QED) is 0.673. The van der Waals surface area contributed by atoms with E-state index < -0.39 is 0 Å². The minimum Gasteiger partial charge on any atom is -0.383 e. The average Bonchev–Trinajstić information content (AvgIpc) is 2.93. The number of pyridine rings is 1. The van der Waals surface area contributed by atoms with Crippen LogP contribution in [0.3, 0.4) is 0 Å². The highest BCUT2D eigenvalue weighted by atomic mass is 35.5. The van der Waals surface area contributed by atoms with Gasteiger partial charge < -0.3 is 11.1 Å². The molecule has 3 N–H and O–H groups in total. The number of nitrogens with one attached hydrogen (secondary N) is 1. The molecule has 5 nitrogen and oxygen atoms in total. The van der Waals surface area contributed by atoms with E-state index in [9.17, 15) is 10.1 Å². The van der Waals surface area contributed by atoms with Crippen molar-refractivity contribution >= 4 is 49.9 Å². The Balaban J connectivity index is 2.05. The summed E-state index contributed by atoms with van der Waals surface area (Å²) in [5.41, 5.74) is 9.71. The minimum atomic E-state index is -0.189. The lowest BCUT2D eigenvalue weighted by molar-refractivity contribution is -0.116. The van der Waals surface area contributed by atoms with Gasteiger partial charge in [-0.2, -0.15) is 5.26 Å². The molecule has 0 bridgehead atoms. The number of amides is 1. The van der Waals surface area contributed by atoms with Gasteiger partial charge in [0.1, 0.15) is 16.9 Å². The molecular formula is C18H13ClN4OS. The van der Waals surface area contributed by atoms with E-state index >= 15 is 0 Å². The van der Waals surface area contributed by atoms with Gasteiger partial charge in [-0.3, -0.25) is 4.79 Å². The summed E-state index contributed by atoms with van der Waals surface area (Å²) in [7, 11) is 0. The predicted octanol–water partition coefficient (Wildman–Crippen LogP) is 4.19. The number of rotatable bonds is 1. The van der Waals surface area contributed by atoms with Crippen molar-refractivity contribution in [3.05, 3.63) is 51.5 Å². The second-order valence-corrected chi connectivity index (χ2v) is 7.39. The lowest BCUT2D eigenvalue weighted by Crippen LogP contribution is -2.22. The zero-order valence-electron chi connectivity index (χ0n) is 13.3. The van der Waals surface area contributed by atoms with E-state index in [0.29, 0.717) is 17.0 Å². The van der Waals surface area contributed by atoms with E-state index in [1.54, 1.807) is 0 Å². The lowest BCUT2D eigenvalue weighted by Gasteiger charge is -2.24. The summed E-state index contributed by atoms with van der Waals surface area (Å²) >= 11 is 7.81. The first-order valence-corrected chi connectivity index (χ1v) is 8.87.